The summed E-state index contributed by atoms with van der Waals surface area (Å²) in [5.74, 6) is -0.594. The van der Waals surface area contributed by atoms with Gasteiger partial charge in [0.05, 0.1) is 12.7 Å². The number of hydrogen-bond acceptors (Lipinski definition) is 7. The van der Waals surface area contributed by atoms with Gasteiger partial charge in [0.2, 0.25) is 0 Å². The van der Waals surface area contributed by atoms with Crippen LogP contribution in [0.15, 0.2) is 5.38 Å². The highest BCUT2D eigenvalue weighted by Gasteiger charge is 2.22. The molecule has 0 aliphatic carbocycles. The molecule has 2 atom stereocenters. The molecule has 0 spiro atoms. The fourth-order valence-corrected chi connectivity index (χ4v) is 1.73. The zero-order valence-corrected chi connectivity index (χ0v) is 9.27. The van der Waals surface area contributed by atoms with E-state index in [0.717, 1.165) is 11.3 Å². The van der Waals surface area contributed by atoms with E-state index in [4.69, 9.17) is 15.1 Å². The summed E-state index contributed by atoms with van der Waals surface area (Å²) >= 11 is 0.982. The first-order valence-electron chi connectivity index (χ1n) is 4.48. The SMILES string of the molecule is CCOC(=O)c1csc(C(O)C(O)C#N)n1. The summed E-state index contributed by atoms with van der Waals surface area (Å²) < 4.78 is 4.70. The van der Waals surface area contributed by atoms with Crippen LogP contribution in [0.4, 0.5) is 0 Å². The standard InChI is InChI=1S/C9H10N2O4S/c1-2-15-9(14)5-4-16-8(11-5)7(13)6(12)3-10/h4,6-7,12-13H,2H2,1H3. The van der Waals surface area contributed by atoms with E-state index in [1.807, 2.05) is 0 Å². The molecule has 1 heterocycles. The van der Waals surface area contributed by atoms with Gasteiger partial charge in [-0.3, -0.25) is 0 Å². The van der Waals surface area contributed by atoms with Crippen molar-refractivity contribution in [1.29, 1.82) is 5.26 Å². The largest absolute Gasteiger partial charge is 0.461 e. The Morgan fingerprint density at radius 2 is 2.44 bits per heavy atom. The monoisotopic (exact) mass is 242 g/mol. The number of aliphatic hydroxyl groups is 2. The topological polar surface area (TPSA) is 103 Å². The number of carbonyl (C=O) groups is 1. The van der Waals surface area contributed by atoms with Crippen molar-refractivity contribution < 1.29 is 19.7 Å². The number of nitrogens with zero attached hydrogens (tertiary/aromatic N) is 2. The number of rotatable bonds is 4. The highest BCUT2D eigenvalue weighted by Crippen LogP contribution is 2.21. The van der Waals surface area contributed by atoms with Crippen LogP contribution in [-0.2, 0) is 4.74 Å². The van der Waals surface area contributed by atoms with Gasteiger partial charge in [0, 0.05) is 5.38 Å². The van der Waals surface area contributed by atoms with Crippen LogP contribution in [0.3, 0.4) is 0 Å². The van der Waals surface area contributed by atoms with Gasteiger partial charge in [-0.2, -0.15) is 5.26 Å². The quantitative estimate of drug-likeness (QED) is 0.579. The second kappa shape index (κ2) is 5.55. The van der Waals surface area contributed by atoms with Gasteiger partial charge in [-0.15, -0.1) is 11.3 Å². The lowest BCUT2D eigenvalue weighted by molar-refractivity contribution is 0.0493. The summed E-state index contributed by atoms with van der Waals surface area (Å²) in [5, 5.41) is 28.4. The first-order valence-corrected chi connectivity index (χ1v) is 5.36. The van der Waals surface area contributed by atoms with E-state index in [-0.39, 0.29) is 17.3 Å². The Balaban J connectivity index is 2.79. The normalized spacial score (nSPS) is 13.9. The third-order valence-electron chi connectivity index (χ3n) is 1.69. The molecule has 2 unspecified atom stereocenters. The van der Waals surface area contributed by atoms with Gasteiger partial charge in [0.25, 0.3) is 0 Å². The Labute approximate surface area is 95.7 Å². The highest BCUT2D eigenvalue weighted by atomic mass is 32.1. The third kappa shape index (κ3) is 2.76. The Kier molecular flexibility index (Phi) is 4.37. The van der Waals surface area contributed by atoms with Crippen LogP contribution in [0.2, 0.25) is 0 Å². The van der Waals surface area contributed by atoms with Crippen LogP contribution < -0.4 is 0 Å². The molecular weight excluding hydrogens is 232 g/mol. The lowest BCUT2D eigenvalue weighted by Crippen LogP contribution is -2.16. The zero-order chi connectivity index (χ0) is 12.1. The van der Waals surface area contributed by atoms with Crippen LogP contribution >= 0.6 is 11.3 Å². The average molecular weight is 242 g/mol. The average Bonchev–Trinajstić information content (AvgIpc) is 2.76. The number of aliphatic hydroxyl groups excluding tert-OH is 2. The molecule has 7 heteroatoms. The molecular formula is C9H10N2O4S. The predicted octanol–water partition coefficient (Wildman–Crippen LogP) is 0.238. The van der Waals surface area contributed by atoms with E-state index in [9.17, 15) is 9.90 Å². The smallest absolute Gasteiger partial charge is 0.357 e. The number of esters is 1. The summed E-state index contributed by atoms with van der Waals surface area (Å²) in [6.45, 7) is 1.90. The van der Waals surface area contributed by atoms with Gasteiger partial charge in [-0.05, 0) is 6.92 Å². The minimum absolute atomic E-state index is 0.0611. The molecule has 0 amide bonds. The van der Waals surface area contributed by atoms with Crippen LogP contribution in [0.25, 0.3) is 0 Å². The Bertz CT molecular complexity index is 412. The third-order valence-corrected chi connectivity index (χ3v) is 2.61. The van der Waals surface area contributed by atoms with Crippen molar-refractivity contribution in [3.05, 3.63) is 16.1 Å². The lowest BCUT2D eigenvalue weighted by Gasteiger charge is -2.06. The van der Waals surface area contributed by atoms with Crippen molar-refractivity contribution in [3.8, 4) is 6.07 Å². The van der Waals surface area contributed by atoms with E-state index in [1.54, 1.807) is 6.92 Å². The van der Waals surface area contributed by atoms with Crippen molar-refractivity contribution >= 4 is 17.3 Å². The molecule has 1 rings (SSSR count). The Morgan fingerprint density at radius 3 is 3.00 bits per heavy atom. The zero-order valence-electron chi connectivity index (χ0n) is 8.45. The summed E-state index contributed by atoms with van der Waals surface area (Å²) in [5.41, 5.74) is 0.0611. The van der Waals surface area contributed by atoms with Crippen LogP contribution in [0.1, 0.15) is 28.5 Å². The van der Waals surface area contributed by atoms with Gasteiger partial charge in [-0.25, -0.2) is 9.78 Å². The number of carbonyl (C=O) groups excluding carboxylic acids is 1. The molecule has 0 aliphatic heterocycles. The molecule has 6 nitrogen and oxygen atoms in total. The molecule has 0 saturated heterocycles. The Morgan fingerprint density at radius 1 is 1.75 bits per heavy atom. The molecule has 0 bridgehead atoms. The molecule has 0 saturated carbocycles. The Hall–Kier alpha value is -1.49. The molecule has 86 valence electrons. The molecule has 0 aromatic carbocycles. The number of hydrogen-bond donors (Lipinski definition) is 2. The molecule has 1 aromatic rings. The van der Waals surface area contributed by atoms with Crippen LogP contribution in [-0.4, -0.2) is 33.9 Å². The van der Waals surface area contributed by atoms with Gasteiger partial charge < -0.3 is 14.9 Å². The number of aromatic nitrogens is 1. The van der Waals surface area contributed by atoms with Crippen molar-refractivity contribution in [1.82, 2.24) is 4.98 Å². The van der Waals surface area contributed by atoms with Crippen LogP contribution in [0.5, 0.6) is 0 Å². The fourth-order valence-electron chi connectivity index (χ4n) is 0.928. The molecule has 16 heavy (non-hydrogen) atoms. The predicted molar refractivity (Wildman–Crippen MR) is 54.7 cm³/mol. The first kappa shape index (κ1) is 12.6. The van der Waals surface area contributed by atoms with Crippen LogP contribution in [0, 0.1) is 11.3 Å². The van der Waals surface area contributed by atoms with Gasteiger partial charge >= 0.3 is 5.97 Å². The maximum absolute atomic E-state index is 11.2. The minimum Gasteiger partial charge on any atom is -0.461 e. The van der Waals surface area contributed by atoms with Crippen molar-refractivity contribution in [2.45, 2.75) is 19.1 Å². The number of ether oxygens (including phenoxy) is 1. The van der Waals surface area contributed by atoms with Crippen molar-refractivity contribution in [2.75, 3.05) is 6.61 Å². The summed E-state index contributed by atoms with van der Waals surface area (Å²) in [7, 11) is 0. The molecule has 0 fully saturated rings. The second-order valence-electron chi connectivity index (χ2n) is 2.81. The summed E-state index contributed by atoms with van der Waals surface area (Å²) in [6, 6.07) is 1.48. The number of thiazole rings is 1. The molecule has 0 radical (unpaired) electrons. The van der Waals surface area contributed by atoms with E-state index in [2.05, 4.69) is 4.98 Å². The first-order chi connectivity index (χ1) is 7.60. The van der Waals surface area contributed by atoms with Crippen molar-refractivity contribution in [3.63, 3.8) is 0 Å². The lowest BCUT2D eigenvalue weighted by atomic mass is 10.2. The minimum atomic E-state index is -1.55. The van der Waals surface area contributed by atoms with Gasteiger partial charge in [0.1, 0.15) is 11.1 Å². The summed E-state index contributed by atoms with van der Waals surface area (Å²) in [6.07, 6.45) is -2.96. The number of nitriles is 1. The fraction of sp³-hybridized carbons (Fsp3) is 0.444. The van der Waals surface area contributed by atoms with E-state index >= 15 is 0 Å². The van der Waals surface area contributed by atoms with Crippen molar-refractivity contribution in [2.24, 2.45) is 0 Å². The molecule has 2 N–H and O–H groups in total. The molecule has 0 aliphatic rings. The maximum atomic E-state index is 11.2. The summed E-state index contributed by atoms with van der Waals surface area (Å²) in [4.78, 5) is 15.0. The highest BCUT2D eigenvalue weighted by molar-refractivity contribution is 7.09. The van der Waals surface area contributed by atoms with E-state index < -0.39 is 18.2 Å². The molecule has 1 aromatic heterocycles. The van der Waals surface area contributed by atoms with Gasteiger partial charge in [-0.1, -0.05) is 0 Å². The van der Waals surface area contributed by atoms with Gasteiger partial charge in [0.15, 0.2) is 11.8 Å². The second-order valence-corrected chi connectivity index (χ2v) is 3.70. The maximum Gasteiger partial charge on any atom is 0.357 e. The van der Waals surface area contributed by atoms with E-state index in [1.165, 1.54) is 11.4 Å². The van der Waals surface area contributed by atoms with E-state index in [0.29, 0.717) is 0 Å².